The predicted molar refractivity (Wildman–Crippen MR) is 45.6 cm³/mol. The molecule has 0 heterocycles. The monoisotopic (exact) mass is 237 g/mol. The number of alkyl halides is 2. The number of nitrogens with one attached hydrogen (secondary N) is 1. The van der Waals surface area contributed by atoms with Crippen LogP contribution in [0.4, 0.5) is 14.5 Å². The SMILES string of the molecule is FC(F)Oc1cccc(NBr)c1. The Morgan fingerprint density at radius 1 is 1.42 bits per heavy atom. The molecule has 0 aliphatic rings. The minimum absolute atomic E-state index is 0.134. The van der Waals surface area contributed by atoms with Gasteiger partial charge in [-0.3, -0.25) is 0 Å². The summed E-state index contributed by atoms with van der Waals surface area (Å²) >= 11 is 2.96. The molecular weight excluding hydrogens is 232 g/mol. The molecule has 0 unspecified atom stereocenters. The fourth-order valence-electron chi connectivity index (χ4n) is 0.731. The van der Waals surface area contributed by atoms with Crippen LogP contribution in [0.3, 0.4) is 0 Å². The Labute approximate surface area is 76.9 Å². The molecule has 1 aromatic rings. The molecule has 0 saturated carbocycles. The van der Waals surface area contributed by atoms with Crippen LogP contribution >= 0.6 is 16.1 Å². The van der Waals surface area contributed by atoms with Gasteiger partial charge in [-0.2, -0.15) is 8.78 Å². The quantitative estimate of drug-likeness (QED) is 0.817. The van der Waals surface area contributed by atoms with E-state index in [1.165, 1.54) is 12.1 Å². The average molecular weight is 238 g/mol. The van der Waals surface area contributed by atoms with Crippen molar-refractivity contribution in [2.75, 3.05) is 4.34 Å². The number of benzene rings is 1. The molecule has 0 bridgehead atoms. The summed E-state index contributed by atoms with van der Waals surface area (Å²) in [5, 5.41) is 0. The molecule has 0 aliphatic carbocycles. The van der Waals surface area contributed by atoms with Gasteiger partial charge in [0.15, 0.2) is 0 Å². The highest BCUT2D eigenvalue weighted by Crippen LogP contribution is 2.19. The van der Waals surface area contributed by atoms with Crippen molar-refractivity contribution in [3.05, 3.63) is 24.3 Å². The maximum absolute atomic E-state index is 11.7. The molecule has 0 amide bonds. The molecule has 0 aromatic heterocycles. The summed E-state index contributed by atoms with van der Waals surface area (Å²) in [6.45, 7) is -2.78. The molecule has 5 heteroatoms. The van der Waals surface area contributed by atoms with Gasteiger partial charge >= 0.3 is 6.61 Å². The predicted octanol–water partition coefficient (Wildman–Crippen LogP) is 3.01. The van der Waals surface area contributed by atoms with E-state index in [4.69, 9.17) is 0 Å². The summed E-state index contributed by atoms with van der Waals surface area (Å²) in [5.41, 5.74) is 0.660. The highest BCUT2D eigenvalue weighted by molar-refractivity contribution is 9.10. The van der Waals surface area contributed by atoms with E-state index < -0.39 is 6.61 Å². The lowest BCUT2D eigenvalue weighted by Gasteiger charge is -2.04. The van der Waals surface area contributed by atoms with E-state index in [1.54, 1.807) is 12.1 Å². The third-order valence-electron chi connectivity index (χ3n) is 1.17. The molecule has 0 spiro atoms. The van der Waals surface area contributed by atoms with Gasteiger partial charge < -0.3 is 9.08 Å². The fraction of sp³-hybridized carbons (Fsp3) is 0.143. The lowest BCUT2D eigenvalue weighted by atomic mass is 10.3. The van der Waals surface area contributed by atoms with Crippen LogP contribution in [0.15, 0.2) is 24.3 Å². The zero-order valence-electron chi connectivity index (χ0n) is 5.93. The zero-order valence-corrected chi connectivity index (χ0v) is 7.51. The van der Waals surface area contributed by atoms with Crippen LogP contribution in [0.25, 0.3) is 0 Å². The number of ether oxygens (including phenoxy) is 1. The van der Waals surface area contributed by atoms with Gasteiger partial charge in [-0.15, -0.1) is 0 Å². The molecule has 0 saturated heterocycles. The molecular formula is C7H6BrF2NO. The van der Waals surface area contributed by atoms with Crippen LogP contribution in [-0.2, 0) is 0 Å². The van der Waals surface area contributed by atoms with Crippen molar-refractivity contribution >= 4 is 21.8 Å². The minimum Gasteiger partial charge on any atom is -0.435 e. The van der Waals surface area contributed by atoms with Crippen molar-refractivity contribution in [3.63, 3.8) is 0 Å². The lowest BCUT2D eigenvalue weighted by Crippen LogP contribution is -2.01. The van der Waals surface area contributed by atoms with Crippen molar-refractivity contribution in [1.82, 2.24) is 0 Å². The molecule has 1 N–H and O–H groups in total. The first-order chi connectivity index (χ1) is 5.72. The molecule has 0 fully saturated rings. The maximum atomic E-state index is 11.7. The largest absolute Gasteiger partial charge is 0.435 e. The first-order valence-electron chi connectivity index (χ1n) is 3.14. The topological polar surface area (TPSA) is 21.3 Å². The third-order valence-corrected chi connectivity index (χ3v) is 1.63. The van der Waals surface area contributed by atoms with Gasteiger partial charge in [-0.25, -0.2) is 0 Å². The fourth-order valence-corrected chi connectivity index (χ4v) is 0.978. The normalized spacial score (nSPS) is 10.0. The van der Waals surface area contributed by atoms with E-state index in [0.717, 1.165) is 0 Å². The molecule has 1 rings (SSSR count). The van der Waals surface area contributed by atoms with Crippen LogP contribution in [-0.4, -0.2) is 6.61 Å². The standard InChI is InChI=1S/C7H6BrF2NO/c8-11-5-2-1-3-6(4-5)12-7(9)10/h1-4,7,11H. The molecule has 0 radical (unpaired) electrons. The smallest absolute Gasteiger partial charge is 0.387 e. The zero-order chi connectivity index (χ0) is 8.97. The van der Waals surface area contributed by atoms with E-state index in [2.05, 4.69) is 25.2 Å². The summed E-state index contributed by atoms with van der Waals surface area (Å²) in [7, 11) is 0. The van der Waals surface area contributed by atoms with Gasteiger partial charge in [0.1, 0.15) is 5.75 Å². The first kappa shape index (κ1) is 9.25. The molecule has 66 valence electrons. The Morgan fingerprint density at radius 2 is 2.17 bits per heavy atom. The van der Waals surface area contributed by atoms with Gasteiger partial charge in [0, 0.05) is 27.9 Å². The molecule has 1 aromatic carbocycles. The van der Waals surface area contributed by atoms with Crippen LogP contribution in [0, 0.1) is 0 Å². The maximum Gasteiger partial charge on any atom is 0.387 e. The van der Waals surface area contributed by atoms with Gasteiger partial charge in [0.25, 0.3) is 0 Å². The number of hydrogen-bond acceptors (Lipinski definition) is 2. The second-order valence-corrected chi connectivity index (χ2v) is 2.40. The average Bonchev–Trinajstić information content (AvgIpc) is 2.03. The highest BCUT2D eigenvalue weighted by Gasteiger charge is 2.03. The van der Waals surface area contributed by atoms with E-state index >= 15 is 0 Å². The first-order valence-corrected chi connectivity index (χ1v) is 3.93. The Morgan fingerprint density at radius 3 is 2.75 bits per heavy atom. The Balaban J connectivity index is 2.72. The van der Waals surface area contributed by atoms with Gasteiger partial charge in [-0.1, -0.05) is 6.07 Å². The van der Waals surface area contributed by atoms with Gasteiger partial charge in [-0.05, 0) is 12.1 Å². The highest BCUT2D eigenvalue weighted by atomic mass is 79.9. The lowest BCUT2D eigenvalue weighted by molar-refractivity contribution is -0.0497. The van der Waals surface area contributed by atoms with E-state index in [9.17, 15) is 8.78 Å². The Kier molecular flexibility index (Phi) is 3.28. The Bertz CT molecular complexity index is 257. The van der Waals surface area contributed by atoms with Crippen molar-refractivity contribution in [3.8, 4) is 5.75 Å². The molecule has 2 nitrogen and oxygen atoms in total. The van der Waals surface area contributed by atoms with E-state index in [-0.39, 0.29) is 5.75 Å². The number of rotatable bonds is 3. The minimum atomic E-state index is -2.78. The summed E-state index contributed by atoms with van der Waals surface area (Å²) in [6.07, 6.45) is 0. The van der Waals surface area contributed by atoms with Gasteiger partial charge in [0.05, 0.1) is 0 Å². The second-order valence-electron chi connectivity index (χ2n) is 2.00. The summed E-state index contributed by atoms with van der Waals surface area (Å²) in [6, 6.07) is 6.25. The summed E-state index contributed by atoms with van der Waals surface area (Å²) < 4.78 is 30.2. The van der Waals surface area contributed by atoms with E-state index in [1.807, 2.05) is 0 Å². The number of halogens is 3. The van der Waals surface area contributed by atoms with E-state index in [0.29, 0.717) is 5.69 Å². The summed E-state index contributed by atoms with van der Waals surface area (Å²) in [4.78, 5) is 0. The Hall–Kier alpha value is -0.840. The van der Waals surface area contributed by atoms with Crippen molar-refractivity contribution in [2.24, 2.45) is 0 Å². The van der Waals surface area contributed by atoms with Crippen molar-refractivity contribution < 1.29 is 13.5 Å². The van der Waals surface area contributed by atoms with Gasteiger partial charge in [0.2, 0.25) is 0 Å². The third kappa shape index (κ3) is 2.65. The molecule has 0 aliphatic heterocycles. The molecule has 0 atom stereocenters. The number of anilines is 1. The van der Waals surface area contributed by atoms with Crippen molar-refractivity contribution in [1.29, 1.82) is 0 Å². The molecule has 12 heavy (non-hydrogen) atoms. The number of hydrogen-bond donors (Lipinski definition) is 1. The summed E-state index contributed by atoms with van der Waals surface area (Å²) in [5.74, 6) is 0.134. The van der Waals surface area contributed by atoms with Crippen molar-refractivity contribution in [2.45, 2.75) is 6.61 Å². The van der Waals surface area contributed by atoms with Crippen LogP contribution < -0.4 is 9.08 Å². The van der Waals surface area contributed by atoms with Crippen LogP contribution in [0.2, 0.25) is 0 Å². The van der Waals surface area contributed by atoms with Crippen LogP contribution in [0.1, 0.15) is 0 Å². The van der Waals surface area contributed by atoms with Crippen LogP contribution in [0.5, 0.6) is 5.75 Å². The second kappa shape index (κ2) is 4.25.